The number of carbonyl (C=O) groups is 2. The summed E-state index contributed by atoms with van der Waals surface area (Å²) in [6, 6.07) is 5.14. The molecule has 0 aliphatic heterocycles. The normalized spacial score (nSPS) is 11.9. The van der Waals surface area contributed by atoms with Gasteiger partial charge in [-0.3, -0.25) is 9.59 Å². The number of hydrogen-bond donors (Lipinski definition) is 0. The molecule has 0 heterocycles. The quantitative estimate of drug-likeness (QED) is 0.158. The van der Waals surface area contributed by atoms with E-state index in [0.717, 1.165) is 37.5 Å². The third-order valence-corrected chi connectivity index (χ3v) is 4.19. The first kappa shape index (κ1) is 22.6. The second-order valence-electron chi connectivity index (χ2n) is 7.25. The number of allylic oxidation sites excluding steroid dienone is 6. The van der Waals surface area contributed by atoms with Crippen molar-refractivity contribution in [1.82, 2.24) is 0 Å². The minimum atomic E-state index is -0.356. The van der Waals surface area contributed by atoms with Crippen molar-refractivity contribution in [2.75, 3.05) is 0 Å². The molecule has 1 aromatic carbocycles. The van der Waals surface area contributed by atoms with Crippen LogP contribution in [0.3, 0.4) is 0 Å². The Balaban J connectivity index is 2.65. The average molecular weight is 369 g/mol. The van der Waals surface area contributed by atoms with E-state index in [1.165, 1.54) is 23.6 Å². The van der Waals surface area contributed by atoms with Gasteiger partial charge in [-0.1, -0.05) is 34.9 Å². The highest BCUT2D eigenvalue weighted by atomic mass is 16.5. The Labute approximate surface area is 163 Å². The molecular weight excluding hydrogens is 336 g/mol. The summed E-state index contributed by atoms with van der Waals surface area (Å²) in [5.74, 6) is 0.168. The standard InChI is InChI=1S/C24H32O3/c1-18(2)9-6-7-10-19(3)11-8-12-20(4)15-23-16-22(17-25)13-14-24(23)27-21(5)26/h9-10,12-14,16-17H,6-8,11,15H2,1-5H3/b19-10+,20-12+. The highest BCUT2D eigenvalue weighted by Gasteiger charge is 2.08. The summed E-state index contributed by atoms with van der Waals surface area (Å²) < 4.78 is 5.26. The monoisotopic (exact) mass is 368 g/mol. The lowest BCUT2D eigenvalue weighted by Crippen LogP contribution is -2.05. The third kappa shape index (κ3) is 9.74. The zero-order chi connectivity index (χ0) is 20.2. The van der Waals surface area contributed by atoms with Crippen LogP contribution < -0.4 is 4.74 Å². The number of aldehydes is 1. The van der Waals surface area contributed by atoms with Crippen LogP contribution >= 0.6 is 0 Å². The van der Waals surface area contributed by atoms with E-state index in [0.29, 0.717) is 17.7 Å². The van der Waals surface area contributed by atoms with Crippen LogP contribution in [0.1, 0.15) is 76.2 Å². The van der Waals surface area contributed by atoms with Crippen LogP contribution in [-0.2, 0) is 11.2 Å². The first-order valence-electron chi connectivity index (χ1n) is 9.53. The van der Waals surface area contributed by atoms with Gasteiger partial charge in [0, 0.05) is 12.5 Å². The van der Waals surface area contributed by atoms with E-state index < -0.39 is 0 Å². The number of benzene rings is 1. The van der Waals surface area contributed by atoms with Crippen LogP contribution in [0.4, 0.5) is 0 Å². The van der Waals surface area contributed by atoms with Gasteiger partial charge in [0.15, 0.2) is 0 Å². The molecule has 0 bridgehead atoms. The number of rotatable bonds is 10. The molecule has 0 unspecified atom stereocenters. The first-order chi connectivity index (χ1) is 12.8. The van der Waals surface area contributed by atoms with Gasteiger partial charge in [-0.05, 0) is 83.6 Å². The second-order valence-corrected chi connectivity index (χ2v) is 7.25. The van der Waals surface area contributed by atoms with Gasteiger partial charge in [0.1, 0.15) is 12.0 Å². The molecule has 0 atom stereocenters. The SMILES string of the molecule is CC(=O)Oc1ccc(C=O)cc1C/C(C)=C/CC/C(C)=C/CCC=C(C)C. The topological polar surface area (TPSA) is 43.4 Å². The molecule has 0 spiro atoms. The minimum Gasteiger partial charge on any atom is -0.426 e. The molecule has 27 heavy (non-hydrogen) atoms. The van der Waals surface area contributed by atoms with Crippen molar-refractivity contribution >= 4 is 12.3 Å². The molecule has 0 amide bonds. The molecule has 0 saturated carbocycles. The Bertz CT molecular complexity index is 732. The Morgan fingerprint density at radius 2 is 1.59 bits per heavy atom. The van der Waals surface area contributed by atoms with Crippen molar-refractivity contribution < 1.29 is 14.3 Å². The zero-order valence-electron chi connectivity index (χ0n) is 17.3. The maximum Gasteiger partial charge on any atom is 0.308 e. The maximum atomic E-state index is 11.3. The van der Waals surface area contributed by atoms with Crippen molar-refractivity contribution in [2.24, 2.45) is 0 Å². The molecule has 3 heteroatoms. The van der Waals surface area contributed by atoms with Crippen molar-refractivity contribution in [3.05, 3.63) is 64.3 Å². The zero-order valence-corrected chi connectivity index (χ0v) is 17.3. The van der Waals surface area contributed by atoms with E-state index in [1.54, 1.807) is 18.2 Å². The lowest BCUT2D eigenvalue weighted by molar-refractivity contribution is -0.131. The second kappa shape index (κ2) is 12.1. The Hall–Kier alpha value is -2.42. The average Bonchev–Trinajstić information content (AvgIpc) is 2.59. The van der Waals surface area contributed by atoms with Crippen LogP contribution in [0.5, 0.6) is 5.75 Å². The summed E-state index contributed by atoms with van der Waals surface area (Å²) in [4.78, 5) is 22.3. The number of esters is 1. The summed E-state index contributed by atoms with van der Waals surface area (Å²) >= 11 is 0. The van der Waals surface area contributed by atoms with E-state index in [4.69, 9.17) is 4.74 Å². The van der Waals surface area contributed by atoms with Gasteiger partial charge in [0.05, 0.1) is 0 Å². The molecule has 0 saturated heterocycles. The van der Waals surface area contributed by atoms with Crippen molar-refractivity contribution in [3.8, 4) is 5.75 Å². The lowest BCUT2D eigenvalue weighted by atomic mass is 10.0. The summed E-state index contributed by atoms with van der Waals surface area (Å²) in [5, 5.41) is 0. The third-order valence-electron chi connectivity index (χ3n) is 4.19. The van der Waals surface area contributed by atoms with Gasteiger partial charge < -0.3 is 4.74 Å². The molecular formula is C24H32O3. The summed E-state index contributed by atoms with van der Waals surface area (Å²) in [6.07, 6.45) is 12.5. The van der Waals surface area contributed by atoms with Gasteiger partial charge >= 0.3 is 5.97 Å². The van der Waals surface area contributed by atoms with Crippen LogP contribution in [0.25, 0.3) is 0 Å². The highest BCUT2D eigenvalue weighted by Crippen LogP contribution is 2.23. The molecule has 3 nitrogen and oxygen atoms in total. The number of hydrogen-bond acceptors (Lipinski definition) is 3. The van der Waals surface area contributed by atoms with E-state index in [-0.39, 0.29) is 5.97 Å². The number of unbranched alkanes of at least 4 members (excludes halogenated alkanes) is 1. The summed E-state index contributed by atoms with van der Waals surface area (Å²) in [7, 11) is 0. The van der Waals surface area contributed by atoms with Crippen LogP contribution in [0.15, 0.2) is 53.1 Å². The highest BCUT2D eigenvalue weighted by molar-refractivity contribution is 5.76. The van der Waals surface area contributed by atoms with Gasteiger partial charge in [0.25, 0.3) is 0 Å². The van der Waals surface area contributed by atoms with E-state index >= 15 is 0 Å². The van der Waals surface area contributed by atoms with Gasteiger partial charge in [-0.15, -0.1) is 0 Å². The molecule has 0 aliphatic carbocycles. The largest absolute Gasteiger partial charge is 0.426 e. The number of carbonyl (C=O) groups excluding carboxylic acids is 2. The minimum absolute atomic E-state index is 0.356. The fourth-order valence-corrected chi connectivity index (χ4v) is 2.79. The summed E-state index contributed by atoms with van der Waals surface area (Å²) in [5.41, 5.74) is 5.42. The molecule has 0 aromatic heterocycles. The van der Waals surface area contributed by atoms with Gasteiger partial charge in [-0.25, -0.2) is 0 Å². The van der Waals surface area contributed by atoms with E-state index in [1.807, 2.05) is 0 Å². The molecule has 0 aliphatic rings. The predicted octanol–water partition coefficient (Wildman–Crippen LogP) is 6.39. The molecule has 0 N–H and O–H groups in total. The van der Waals surface area contributed by atoms with Crippen LogP contribution in [-0.4, -0.2) is 12.3 Å². The Morgan fingerprint density at radius 1 is 0.926 bits per heavy atom. The summed E-state index contributed by atoms with van der Waals surface area (Å²) in [6.45, 7) is 9.88. The van der Waals surface area contributed by atoms with Crippen LogP contribution in [0.2, 0.25) is 0 Å². The molecule has 1 rings (SSSR count). The van der Waals surface area contributed by atoms with Crippen molar-refractivity contribution in [2.45, 2.75) is 66.7 Å². The fraction of sp³-hybridized carbons (Fsp3) is 0.417. The fourth-order valence-electron chi connectivity index (χ4n) is 2.79. The van der Waals surface area contributed by atoms with Crippen molar-refractivity contribution in [3.63, 3.8) is 0 Å². The molecule has 0 radical (unpaired) electrons. The van der Waals surface area contributed by atoms with Gasteiger partial charge in [0.2, 0.25) is 0 Å². The smallest absolute Gasteiger partial charge is 0.308 e. The molecule has 0 fully saturated rings. The number of ether oxygens (including phenoxy) is 1. The molecule has 1 aromatic rings. The Kier molecular flexibility index (Phi) is 10.1. The van der Waals surface area contributed by atoms with Crippen molar-refractivity contribution in [1.29, 1.82) is 0 Å². The molecule has 146 valence electrons. The maximum absolute atomic E-state index is 11.3. The van der Waals surface area contributed by atoms with E-state index in [9.17, 15) is 9.59 Å². The van der Waals surface area contributed by atoms with E-state index in [2.05, 4.69) is 45.9 Å². The predicted molar refractivity (Wildman–Crippen MR) is 112 cm³/mol. The first-order valence-corrected chi connectivity index (χ1v) is 9.53. The lowest BCUT2D eigenvalue weighted by Gasteiger charge is -2.10. The van der Waals surface area contributed by atoms with Gasteiger partial charge in [-0.2, -0.15) is 0 Å². The Morgan fingerprint density at radius 3 is 2.22 bits per heavy atom. The van der Waals surface area contributed by atoms with Crippen LogP contribution in [0, 0.1) is 0 Å².